The fourth-order valence-corrected chi connectivity index (χ4v) is 4.02. The van der Waals surface area contributed by atoms with E-state index in [1.807, 2.05) is 0 Å². The van der Waals surface area contributed by atoms with Crippen molar-refractivity contribution in [2.24, 2.45) is 5.92 Å². The molecule has 0 unspecified atom stereocenters. The molecule has 1 fully saturated rings. The summed E-state index contributed by atoms with van der Waals surface area (Å²) in [6, 6.07) is 4.16. The highest BCUT2D eigenvalue weighted by Gasteiger charge is 2.34. The van der Waals surface area contributed by atoms with Gasteiger partial charge in [0, 0.05) is 17.3 Å². The molecule has 4 aromatic heterocycles. The molecular weight excluding hydrogens is 371 g/mol. The molecule has 0 bridgehead atoms. The average Bonchev–Trinajstić information content (AvgIpc) is 3.40. The highest BCUT2D eigenvalue weighted by Crippen LogP contribution is 2.37. The fourth-order valence-electron chi connectivity index (χ4n) is 4.02. The maximum Gasteiger partial charge on any atom is 0.417 e. The van der Waals surface area contributed by atoms with Crippen molar-refractivity contribution in [3.8, 4) is 11.6 Å². The van der Waals surface area contributed by atoms with Crippen molar-refractivity contribution in [2.45, 2.75) is 38.3 Å². The first-order valence-electron chi connectivity index (χ1n) is 9.14. The summed E-state index contributed by atoms with van der Waals surface area (Å²) in [4.78, 5) is 8.97. The van der Waals surface area contributed by atoms with E-state index in [0.717, 1.165) is 25.7 Å². The first-order valence-corrected chi connectivity index (χ1v) is 9.14. The summed E-state index contributed by atoms with van der Waals surface area (Å²) in [6.45, 7) is 0. The summed E-state index contributed by atoms with van der Waals surface area (Å²) >= 11 is 0. The molecule has 1 aliphatic carbocycles. The summed E-state index contributed by atoms with van der Waals surface area (Å²) in [5.41, 5.74) is 0.896. The minimum Gasteiger partial charge on any atom is -0.422 e. The van der Waals surface area contributed by atoms with Crippen molar-refractivity contribution in [1.82, 2.24) is 24.6 Å². The normalized spacial score (nSPS) is 15.8. The van der Waals surface area contributed by atoms with Gasteiger partial charge < -0.3 is 4.42 Å². The Morgan fingerprint density at radius 1 is 1.14 bits per heavy atom. The molecule has 144 valence electrons. The Morgan fingerprint density at radius 2 is 1.96 bits per heavy atom. The topological polar surface area (TPSA) is 69.1 Å². The molecule has 5 rings (SSSR count). The van der Waals surface area contributed by atoms with Crippen LogP contribution in [0.2, 0.25) is 0 Å². The van der Waals surface area contributed by atoms with Gasteiger partial charge in [-0.05, 0) is 30.5 Å². The van der Waals surface area contributed by atoms with Crippen LogP contribution >= 0.6 is 0 Å². The van der Waals surface area contributed by atoms with Gasteiger partial charge in [-0.1, -0.05) is 25.7 Å². The minimum atomic E-state index is -4.46. The first-order chi connectivity index (χ1) is 13.5. The number of aromatic nitrogens is 5. The van der Waals surface area contributed by atoms with Gasteiger partial charge in [0.2, 0.25) is 6.39 Å². The Hall–Kier alpha value is -2.97. The van der Waals surface area contributed by atoms with Crippen molar-refractivity contribution >= 4 is 16.7 Å². The van der Waals surface area contributed by atoms with Crippen molar-refractivity contribution in [2.75, 3.05) is 0 Å². The molecule has 0 amide bonds. The van der Waals surface area contributed by atoms with Crippen LogP contribution in [-0.4, -0.2) is 24.6 Å². The second kappa shape index (κ2) is 6.29. The third-order valence-electron chi connectivity index (χ3n) is 5.31. The van der Waals surface area contributed by atoms with Crippen LogP contribution < -0.4 is 0 Å². The van der Waals surface area contributed by atoms with E-state index < -0.39 is 11.7 Å². The standard InChI is InChI=1S/C19H16F3N5O/c20-19(21,22)14-8-12(7-11-3-1-2-4-11)24-17-13(14)5-6-16-25-15(9-27(16)17)18-26-23-10-28-18/h5-6,8-11H,1-4,7H2. The lowest BCUT2D eigenvalue weighted by molar-refractivity contribution is -0.136. The predicted octanol–water partition coefficient (Wildman–Crippen LogP) is 4.68. The van der Waals surface area contributed by atoms with Gasteiger partial charge in [0.15, 0.2) is 0 Å². The number of fused-ring (bicyclic) bond motifs is 3. The lowest BCUT2D eigenvalue weighted by Gasteiger charge is -2.15. The quantitative estimate of drug-likeness (QED) is 0.510. The van der Waals surface area contributed by atoms with Crippen LogP contribution in [0.3, 0.4) is 0 Å². The van der Waals surface area contributed by atoms with E-state index in [4.69, 9.17) is 4.42 Å². The zero-order valence-corrected chi connectivity index (χ0v) is 14.8. The van der Waals surface area contributed by atoms with E-state index in [-0.39, 0.29) is 16.9 Å². The molecule has 0 radical (unpaired) electrons. The number of halogens is 3. The van der Waals surface area contributed by atoms with Crippen molar-refractivity contribution < 1.29 is 17.6 Å². The van der Waals surface area contributed by atoms with Crippen LogP contribution in [0.5, 0.6) is 0 Å². The predicted molar refractivity (Wildman–Crippen MR) is 94.4 cm³/mol. The van der Waals surface area contributed by atoms with E-state index in [1.165, 1.54) is 24.6 Å². The van der Waals surface area contributed by atoms with Gasteiger partial charge in [0.1, 0.15) is 17.0 Å². The number of imidazole rings is 1. The van der Waals surface area contributed by atoms with E-state index in [0.29, 0.717) is 29.4 Å². The molecule has 0 atom stereocenters. The molecule has 6 nitrogen and oxygen atoms in total. The molecular formula is C19H16F3N5O. The zero-order chi connectivity index (χ0) is 19.3. The van der Waals surface area contributed by atoms with Crippen molar-refractivity contribution in [1.29, 1.82) is 0 Å². The summed E-state index contributed by atoms with van der Waals surface area (Å²) in [6.07, 6.45) is 3.19. The number of nitrogens with zero attached hydrogens (tertiary/aromatic N) is 5. The van der Waals surface area contributed by atoms with Crippen LogP contribution in [0.1, 0.15) is 36.9 Å². The van der Waals surface area contributed by atoms with E-state index in [1.54, 1.807) is 10.6 Å². The Labute approximate surface area is 157 Å². The number of hydrogen-bond acceptors (Lipinski definition) is 5. The lowest BCUT2D eigenvalue weighted by Crippen LogP contribution is -2.11. The summed E-state index contributed by atoms with van der Waals surface area (Å²) < 4.78 is 48.0. The Bertz CT molecular complexity index is 1140. The molecule has 28 heavy (non-hydrogen) atoms. The van der Waals surface area contributed by atoms with E-state index in [9.17, 15) is 13.2 Å². The molecule has 0 N–H and O–H groups in total. The van der Waals surface area contributed by atoms with E-state index >= 15 is 0 Å². The first kappa shape index (κ1) is 17.2. The monoisotopic (exact) mass is 387 g/mol. The van der Waals surface area contributed by atoms with Crippen molar-refractivity contribution in [3.05, 3.63) is 42.0 Å². The molecule has 0 aliphatic heterocycles. The van der Waals surface area contributed by atoms with Gasteiger partial charge in [-0.3, -0.25) is 4.40 Å². The number of alkyl halides is 3. The van der Waals surface area contributed by atoms with Gasteiger partial charge >= 0.3 is 6.18 Å². The fraction of sp³-hybridized carbons (Fsp3) is 0.368. The van der Waals surface area contributed by atoms with Crippen LogP contribution in [-0.2, 0) is 12.6 Å². The Kier molecular flexibility index (Phi) is 3.85. The largest absolute Gasteiger partial charge is 0.422 e. The zero-order valence-electron chi connectivity index (χ0n) is 14.8. The second-order valence-electron chi connectivity index (χ2n) is 7.18. The van der Waals surface area contributed by atoms with E-state index in [2.05, 4.69) is 20.2 Å². The smallest absolute Gasteiger partial charge is 0.417 e. The molecule has 0 spiro atoms. The molecule has 0 saturated heterocycles. The molecule has 1 aliphatic rings. The highest BCUT2D eigenvalue weighted by atomic mass is 19.4. The van der Waals surface area contributed by atoms with Gasteiger partial charge in [-0.25, -0.2) is 9.97 Å². The molecule has 0 aromatic carbocycles. The summed E-state index contributed by atoms with van der Waals surface area (Å²) in [7, 11) is 0. The van der Waals surface area contributed by atoms with Gasteiger partial charge in [-0.15, -0.1) is 10.2 Å². The maximum atomic E-state index is 13.8. The maximum absolute atomic E-state index is 13.8. The SMILES string of the molecule is FC(F)(F)c1cc(CC2CCCC2)nc2c1ccc1nc(-c3nnco3)cn12. The van der Waals surface area contributed by atoms with Crippen LogP contribution in [0.4, 0.5) is 13.2 Å². The molecule has 4 aromatic rings. The summed E-state index contributed by atoms with van der Waals surface area (Å²) in [5.74, 6) is 0.594. The number of hydrogen-bond donors (Lipinski definition) is 0. The van der Waals surface area contributed by atoms with Crippen LogP contribution in [0.25, 0.3) is 28.3 Å². The lowest BCUT2D eigenvalue weighted by atomic mass is 9.99. The summed E-state index contributed by atoms with van der Waals surface area (Å²) in [5, 5.41) is 7.48. The molecule has 4 heterocycles. The van der Waals surface area contributed by atoms with Gasteiger partial charge in [0.05, 0.1) is 5.56 Å². The van der Waals surface area contributed by atoms with Gasteiger partial charge in [-0.2, -0.15) is 13.2 Å². The third-order valence-corrected chi connectivity index (χ3v) is 5.31. The molecule has 1 saturated carbocycles. The number of pyridine rings is 2. The molecule has 9 heteroatoms. The average molecular weight is 387 g/mol. The van der Waals surface area contributed by atoms with Crippen molar-refractivity contribution in [3.63, 3.8) is 0 Å². The van der Waals surface area contributed by atoms with Crippen LogP contribution in [0.15, 0.2) is 35.2 Å². The second-order valence-corrected chi connectivity index (χ2v) is 7.18. The van der Waals surface area contributed by atoms with Crippen LogP contribution in [0, 0.1) is 5.92 Å². The van der Waals surface area contributed by atoms with Gasteiger partial charge in [0.25, 0.3) is 5.89 Å². The minimum absolute atomic E-state index is 0.0460. The third kappa shape index (κ3) is 2.90. The Balaban J connectivity index is 1.72. The Morgan fingerprint density at radius 3 is 2.68 bits per heavy atom. The number of rotatable bonds is 3. The highest BCUT2D eigenvalue weighted by molar-refractivity contribution is 5.83.